The van der Waals surface area contributed by atoms with Crippen LogP contribution in [-0.2, 0) is 22.5 Å². The van der Waals surface area contributed by atoms with Crippen LogP contribution in [0.4, 0.5) is 13.6 Å². The molecule has 0 aliphatic heterocycles. The van der Waals surface area contributed by atoms with Crippen molar-refractivity contribution in [1.82, 2.24) is 10.2 Å². The van der Waals surface area contributed by atoms with Crippen molar-refractivity contribution in [3.05, 3.63) is 93.5 Å². The molecule has 232 valence electrons. The van der Waals surface area contributed by atoms with E-state index in [0.717, 1.165) is 17.7 Å². The summed E-state index contributed by atoms with van der Waals surface area (Å²) in [4.78, 5) is 25.9. The first kappa shape index (κ1) is 33.9. The minimum atomic E-state index is -1.02. The van der Waals surface area contributed by atoms with Gasteiger partial charge in [0, 0.05) is 47.8 Å². The molecule has 0 heterocycles. The van der Waals surface area contributed by atoms with Crippen LogP contribution in [0, 0.1) is 11.6 Å². The Labute approximate surface area is 259 Å². The summed E-state index contributed by atoms with van der Waals surface area (Å²) in [6, 6.07) is 14.7. The van der Waals surface area contributed by atoms with E-state index in [-0.39, 0.29) is 31.7 Å². The van der Waals surface area contributed by atoms with E-state index < -0.39 is 29.7 Å². The molecule has 0 saturated carbocycles. The van der Waals surface area contributed by atoms with Gasteiger partial charge in [0.15, 0.2) is 6.10 Å². The fraction of sp³-hybridized carbons (Fsp3) is 0.355. The van der Waals surface area contributed by atoms with E-state index in [9.17, 15) is 23.5 Å². The molecule has 3 rings (SSSR count). The van der Waals surface area contributed by atoms with Crippen LogP contribution in [0.1, 0.15) is 30.9 Å². The van der Waals surface area contributed by atoms with Gasteiger partial charge in [-0.05, 0) is 61.7 Å². The number of carboxylic acid groups (broad SMARTS) is 1. The third-order valence-electron chi connectivity index (χ3n) is 6.28. The summed E-state index contributed by atoms with van der Waals surface area (Å²) in [7, 11) is 0. The first-order valence-electron chi connectivity index (χ1n) is 13.8. The van der Waals surface area contributed by atoms with Crippen LogP contribution in [0.2, 0.25) is 10.0 Å². The molecule has 1 unspecified atom stereocenters. The molecule has 2 N–H and O–H groups in total. The summed E-state index contributed by atoms with van der Waals surface area (Å²) >= 11 is 12.0. The predicted molar refractivity (Wildman–Crippen MR) is 160 cm³/mol. The van der Waals surface area contributed by atoms with Crippen LogP contribution in [-0.4, -0.2) is 61.0 Å². The lowest BCUT2D eigenvalue weighted by Gasteiger charge is -2.23. The summed E-state index contributed by atoms with van der Waals surface area (Å²) in [5.41, 5.74) is 0.943. The molecule has 0 fully saturated rings. The number of hydrogen-bond acceptors (Lipinski definition) is 5. The van der Waals surface area contributed by atoms with Gasteiger partial charge in [-0.1, -0.05) is 41.4 Å². The molecule has 0 bridgehead atoms. The minimum absolute atomic E-state index is 0.110. The van der Waals surface area contributed by atoms with Crippen LogP contribution in [0.15, 0.2) is 60.7 Å². The highest BCUT2D eigenvalue weighted by Gasteiger charge is 2.18. The number of carboxylic acids is 1. The largest absolute Gasteiger partial charge is 0.493 e. The molecule has 0 aliphatic rings. The molecule has 0 aromatic heterocycles. The van der Waals surface area contributed by atoms with Crippen molar-refractivity contribution in [2.75, 3.05) is 32.9 Å². The average Bonchev–Trinajstić information content (AvgIpc) is 2.95. The smallest absolute Gasteiger partial charge is 0.333 e. The number of rotatable bonds is 17. The zero-order valence-corrected chi connectivity index (χ0v) is 25.2. The minimum Gasteiger partial charge on any atom is -0.493 e. The molecule has 3 aromatic carbocycles. The third-order valence-corrected chi connectivity index (χ3v) is 6.71. The predicted octanol–water partition coefficient (Wildman–Crippen LogP) is 6.75. The Hall–Kier alpha value is -3.60. The van der Waals surface area contributed by atoms with Gasteiger partial charge in [-0.25, -0.2) is 18.4 Å². The molecule has 3 aromatic rings. The van der Waals surface area contributed by atoms with Crippen molar-refractivity contribution in [3.63, 3.8) is 0 Å². The van der Waals surface area contributed by atoms with Crippen LogP contribution in [0.5, 0.6) is 11.5 Å². The van der Waals surface area contributed by atoms with Crippen LogP contribution >= 0.6 is 23.2 Å². The van der Waals surface area contributed by atoms with Crippen LogP contribution in [0.25, 0.3) is 0 Å². The number of urea groups is 1. The fourth-order valence-corrected chi connectivity index (χ4v) is 4.60. The lowest BCUT2D eigenvalue weighted by molar-refractivity contribution is -0.149. The van der Waals surface area contributed by atoms with Crippen molar-refractivity contribution in [2.45, 2.75) is 38.8 Å². The Morgan fingerprint density at radius 2 is 1.60 bits per heavy atom. The van der Waals surface area contributed by atoms with Crippen LogP contribution < -0.4 is 14.8 Å². The Morgan fingerprint density at radius 1 is 0.907 bits per heavy atom. The number of nitrogens with zero attached hydrogens (tertiary/aromatic N) is 1. The average molecular weight is 640 g/mol. The second-order valence-corrected chi connectivity index (χ2v) is 10.4. The van der Waals surface area contributed by atoms with Gasteiger partial charge >= 0.3 is 12.0 Å². The third kappa shape index (κ3) is 11.9. The second kappa shape index (κ2) is 17.5. The summed E-state index contributed by atoms with van der Waals surface area (Å²) in [6.07, 6.45) is 0.523. The SMILES string of the molecule is CCOC(Cc1ccc(OCCN(CCCCOc2cc(Cl)cc(Cl)c2)C(=O)NCc2ccc(F)cc2F)cc1)C(=O)O. The molecule has 0 radical (unpaired) electrons. The number of carbonyl (C=O) groups is 2. The van der Waals surface area contributed by atoms with E-state index in [4.69, 9.17) is 37.4 Å². The molecule has 0 aliphatic carbocycles. The van der Waals surface area contributed by atoms with Gasteiger partial charge < -0.3 is 29.5 Å². The number of aliphatic carboxylic acids is 1. The number of hydrogen-bond donors (Lipinski definition) is 2. The highest BCUT2D eigenvalue weighted by Crippen LogP contribution is 2.24. The molecule has 12 heteroatoms. The van der Waals surface area contributed by atoms with E-state index >= 15 is 0 Å². The van der Waals surface area contributed by atoms with Crippen LogP contribution in [0.3, 0.4) is 0 Å². The van der Waals surface area contributed by atoms with Gasteiger partial charge in [-0.15, -0.1) is 0 Å². The maximum absolute atomic E-state index is 14.1. The number of amides is 2. The van der Waals surface area contributed by atoms with Crippen molar-refractivity contribution in [3.8, 4) is 11.5 Å². The van der Waals surface area contributed by atoms with E-state index in [1.54, 1.807) is 54.3 Å². The summed E-state index contributed by atoms with van der Waals surface area (Å²) < 4.78 is 44.1. The van der Waals surface area contributed by atoms with E-state index in [1.165, 1.54) is 6.07 Å². The Bertz CT molecular complexity index is 1330. The summed E-state index contributed by atoms with van der Waals surface area (Å²) in [6.45, 7) is 3.08. The van der Waals surface area contributed by atoms with Gasteiger partial charge in [0.2, 0.25) is 0 Å². The molecule has 2 amide bonds. The quantitative estimate of drug-likeness (QED) is 0.159. The van der Waals surface area contributed by atoms with Gasteiger partial charge in [0.25, 0.3) is 0 Å². The van der Waals surface area contributed by atoms with E-state index in [1.807, 2.05) is 0 Å². The molecular weight excluding hydrogens is 605 g/mol. The van der Waals surface area contributed by atoms with Gasteiger partial charge in [-0.3, -0.25) is 0 Å². The van der Waals surface area contributed by atoms with E-state index in [0.29, 0.717) is 54.1 Å². The molecule has 1 atom stereocenters. The monoisotopic (exact) mass is 638 g/mol. The lowest BCUT2D eigenvalue weighted by Crippen LogP contribution is -2.42. The number of carbonyl (C=O) groups excluding carboxylic acids is 1. The Kier molecular flexibility index (Phi) is 13.8. The topological polar surface area (TPSA) is 97.3 Å². The zero-order chi connectivity index (χ0) is 31.2. The first-order valence-corrected chi connectivity index (χ1v) is 14.5. The summed E-state index contributed by atoms with van der Waals surface area (Å²) in [5, 5.41) is 12.9. The van der Waals surface area contributed by atoms with Crippen molar-refractivity contribution in [2.24, 2.45) is 0 Å². The molecular formula is C31H34Cl2F2N2O6. The molecule has 0 spiro atoms. The maximum Gasteiger partial charge on any atom is 0.333 e. The van der Waals surface area contributed by atoms with Crippen molar-refractivity contribution >= 4 is 35.2 Å². The number of ether oxygens (including phenoxy) is 3. The van der Waals surface area contributed by atoms with Gasteiger partial charge in [0.1, 0.15) is 29.7 Å². The standard InChI is InChI=1S/C31H34Cl2F2N2O6/c1-2-41-29(30(38)39)15-21-5-9-26(10-6-21)43-14-12-37(31(40)36-20-22-7-8-25(34)19-28(22)35)11-3-4-13-42-27-17-23(32)16-24(33)18-27/h5-10,16-19,29H,2-4,11-15,20H2,1H3,(H,36,40)(H,38,39). The number of halogens is 4. The van der Waals surface area contributed by atoms with Crippen molar-refractivity contribution in [1.29, 1.82) is 0 Å². The zero-order valence-electron chi connectivity index (χ0n) is 23.7. The highest BCUT2D eigenvalue weighted by atomic mass is 35.5. The fourth-order valence-electron chi connectivity index (χ4n) is 4.10. The van der Waals surface area contributed by atoms with Crippen molar-refractivity contribution < 1.29 is 37.7 Å². The highest BCUT2D eigenvalue weighted by molar-refractivity contribution is 6.34. The number of nitrogens with one attached hydrogen (secondary N) is 1. The second-order valence-electron chi connectivity index (χ2n) is 9.52. The summed E-state index contributed by atoms with van der Waals surface area (Å²) in [5.74, 6) is -1.37. The number of benzene rings is 3. The molecule has 8 nitrogen and oxygen atoms in total. The molecule has 0 saturated heterocycles. The first-order chi connectivity index (χ1) is 20.6. The van der Waals surface area contributed by atoms with Gasteiger partial charge in [0.05, 0.1) is 13.2 Å². The maximum atomic E-state index is 14.1. The molecule has 43 heavy (non-hydrogen) atoms. The lowest BCUT2D eigenvalue weighted by atomic mass is 10.1. The van der Waals surface area contributed by atoms with Gasteiger partial charge in [-0.2, -0.15) is 0 Å². The number of unbranched alkanes of at least 4 members (excludes halogenated alkanes) is 1. The normalized spacial score (nSPS) is 11.6. The Morgan fingerprint density at radius 3 is 2.26 bits per heavy atom. The van der Waals surface area contributed by atoms with E-state index in [2.05, 4.69) is 5.32 Å². The Balaban J connectivity index is 1.53.